The Balaban J connectivity index is 0.000000253. The maximum atomic E-state index is 5.53. The number of thiol groups is 1. The van der Waals surface area contributed by atoms with Crippen molar-refractivity contribution in [1.29, 1.82) is 0 Å². The molecule has 0 amide bonds. The summed E-state index contributed by atoms with van der Waals surface area (Å²) in [6.07, 6.45) is 0.887. The van der Waals surface area contributed by atoms with E-state index in [1.807, 2.05) is 62.4 Å². The summed E-state index contributed by atoms with van der Waals surface area (Å²) in [4.78, 5) is 0. The van der Waals surface area contributed by atoms with Gasteiger partial charge in [-0.15, -0.1) is 12.6 Å². The minimum atomic E-state index is -0.737. The molecule has 0 spiro atoms. The van der Waals surface area contributed by atoms with E-state index in [1.54, 1.807) is 0 Å². The summed E-state index contributed by atoms with van der Waals surface area (Å²) in [7, 11) is -0.737. The molecule has 2 nitrogen and oxygen atoms in total. The van der Waals surface area contributed by atoms with Gasteiger partial charge in [-0.05, 0) is 25.0 Å². The van der Waals surface area contributed by atoms with Crippen LogP contribution in [-0.2, 0) is 15.2 Å². The van der Waals surface area contributed by atoms with E-state index in [1.165, 1.54) is 5.56 Å². The smallest absolute Gasteiger partial charge is 0.175 e. The Hall–Kier alpha value is -0.770. The van der Waals surface area contributed by atoms with Crippen LogP contribution < -0.4 is 0 Å². The molecule has 0 radical (unpaired) electrons. The van der Waals surface area contributed by atoms with Crippen LogP contribution in [0.25, 0.3) is 0 Å². The van der Waals surface area contributed by atoms with E-state index >= 15 is 0 Å². The van der Waals surface area contributed by atoms with Crippen molar-refractivity contribution in [1.82, 2.24) is 0 Å². The lowest BCUT2D eigenvalue weighted by Gasteiger charge is -2.15. The second-order valence-corrected chi connectivity index (χ2v) is 7.14. The fourth-order valence-electron chi connectivity index (χ4n) is 1.73. The van der Waals surface area contributed by atoms with Gasteiger partial charge in [-0.25, -0.2) is 0 Å². The summed E-state index contributed by atoms with van der Waals surface area (Å²) in [6.45, 7) is 5.44. The van der Waals surface area contributed by atoms with Gasteiger partial charge in [0.25, 0.3) is 0 Å². The molecule has 0 unspecified atom stereocenters. The van der Waals surface area contributed by atoms with Crippen LogP contribution in [0.1, 0.15) is 25.0 Å². The number of rotatable bonds is 7. The highest BCUT2D eigenvalue weighted by Crippen LogP contribution is 2.41. The molecule has 0 atom stereocenters. The van der Waals surface area contributed by atoms with Crippen molar-refractivity contribution in [3.63, 3.8) is 0 Å². The second kappa shape index (κ2) is 12.6. The Morgan fingerprint density at radius 1 is 0.913 bits per heavy atom. The SMILES string of the molecule is CCOP(Cc1ccccc1)OCC.S=C(S)c1ccccc1. The van der Waals surface area contributed by atoms with Gasteiger partial charge >= 0.3 is 0 Å². The third-order valence-corrected chi connectivity index (χ3v) is 4.93. The maximum Gasteiger partial charge on any atom is 0.175 e. The first kappa shape index (κ1) is 20.3. The summed E-state index contributed by atoms with van der Waals surface area (Å²) in [6, 6.07) is 20.0. The average Bonchev–Trinajstić information content (AvgIpc) is 2.58. The van der Waals surface area contributed by atoms with Crippen molar-refractivity contribution in [2.45, 2.75) is 20.0 Å². The molecule has 0 fully saturated rings. The van der Waals surface area contributed by atoms with Gasteiger partial charge in [0.1, 0.15) is 0 Å². The number of hydrogen-bond acceptors (Lipinski definition) is 3. The van der Waals surface area contributed by atoms with E-state index in [0.29, 0.717) is 4.20 Å². The van der Waals surface area contributed by atoms with Gasteiger partial charge in [0.15, 0.2) is 8.38 Å². The first-order valence-electron chi connectivity index (χ1n) is 7.53. The van der Waals surface area contributed by atoms with Crippen molar-refractivity contribution in [3.05, 3.63) is 71.8 Å². The molecule has 0 heterocycles. The van der Waals surface area contributed by atoms with Gasteiger partial charge < -0.3 is 9.05 Å². The highest BCUT2D eigenvalue weighted by molar-refractivity contribution is 8.11. The first-order valence-corrected chi connectivity index (χ1v) is 9.74. The van der Waals surface area contributed by atoms with Crippen LogP contribution >= 0.6 is 33.2 Å². The van der Waals surface area contributed by atoms with E-state index in [-0.39, 0.29) is 0 Å². The lowest BCUT2D eigenvalue weighted by molar-refractivity contribution is 0.268. The molecule has 0 aliphatic carbocycles. The zero-order valence-electron chi connectivity index (χ0n) is 13.5. The number of thiocarbonyl (C=S) groups is 1. The fraction of sp³-hybridized carbons (Fsp3) is 0.278. The summed E-state index contributed by atoms with van der Waals surface area (Å²) < 4.78 is 11.7. The molecule has 2 rings (SSSR count). The zero-order chi connectivity index (χ0) is 16.9. The molecule has 2 aromatic carbocycles. The lowest BCUT2D eigenvalue weighted by Crippen LogP contribution is -1.93. The minimum Gasteiger partial charge on any atom is -0.334 e. The molecule has 0 saturated carbocycles. The van der Waals surface area contributed by atoms with Crippen LogP contribution in [-0.4, -0.2) is 17.4 Å². The Labute approximate surface area is 151 Å². The highest BCUT2D eigenvalue weighted by atomic mass is 32.1. The first-order chi connectivity index (χ1) is 11.2. The standard InChI is InChI=1S/C11H17O2P.C7H6S2/c1-3-12-14(13-4-2)10-11-8-6-5-7-9-11;8-7(9)6-4-2-1-3-5-6/h5-9H,3-4,10H2,1-2H3;1-5H,(H,8,9). The molecule has 0 aliphatic heterocycles. The van der Waals surface area contributed by atoms with Crippen LogP contribution in [0.3, 0.4) is 0 Å². The molecule has 0 N–H and O–H groups in total. The Kier molecular flexibility index (Phi) is 11.1. The lowest BCUT2D eigenvalue weighted by atomic mass is 10.2. The normalized spacial score (nSPS) is 10.1. The Morgan fingerprint density at radius 3 is 1.78 bits per heavy atom. The van der Waals surface area contributed by atoms with Gasteiger partial charge in [-0.2, -0.15) is 0 Å². The average molecular weight is 366 g/mol. The molecule has 23 heavy (non-hydrogen) atoms. The largest absolute Gasteiger partial charge is 0.334 e. The van der Waals surface area contributed by atoms with E-state index in [0.717, 1.165) is 24.9 Å². The molecule has 0 saturated heterocycles. The van der Waals surface area contributed by atoms with Crippen LogP contribution in [0.15, 0.2) is 60.7 Å². The van der Waals surface area contributed by atoms with Crippen LogP contribution in [0.4, 0.5) is 0 Å². The number of benzene rings is 2. The van der Waals surface area contributed by atoms with Crippen LogP contribution in [0, 0.1) is 0 Å². The summed E-state index contributed by atoms with van der Waals surface area (Å²) >= 11 is 8.85. The zero-order valence-corrected chi connectivity index (χ0v) is 16.1. The Bertz CT molecular complexity index is 543. The van der Waals surface area contributed by atoms with E-state index in [4.69, 9.17) is 21.3 Å². The van der Waals surface area contributed by atoms with Crippen molar-refractivity contribution in [2.24, 2.45) is 0 Å². The van der Waals surface area contributed by atoms with Crippen molar-refractivity contribution in [3.8, 4) is 0 Å². The molecular formula is C18H23O2PS2. The van der Waals surface area contributed by atoms with E-state index < -0.39 is 8.38 Å². The topological polar surface area (TPSA) is 18.5 Å². The van der Waals surface area contributed by atoms with E-state index in [2.05, 4.69) is 24.8 Å². The van der Waals surface area contributed by atoms with Crippen LogP contribution in [0.5, 0.6) is 0 Å². The molecule has 0 aromatic heterocycles. The minimum absolute atomic E-state index is 0.649. The number of hydrogen-bond donors (Lipinski definition) is 1. The van der Waals surface area contributed by atoms with Gasteiger partial charge in [-0.1, -0.05) is 72.9 Å². The predicted octanol–water partition coefficient (Wildman–Crippen LogP) is 5.86. The Morgan fingerprint density at radius 2 is 1.39 bits per heavy atom. The third-order valence-electron chi connectivity index (χ3n) is 2.72. The van der Waals surface area contributed by atoms with Gasteiger partial charge in [0, 0.05) is 6.16 Å². The van der Waals surface area contributed by atoms with Gasteiger partial charge in [0.05, 0.1) is 17.4 Å². The molecule has 0 aliphatic rings. The van der Waals surface area contributed by atoms with Crippen LogP contribution in [0.2, 0.25) is 0 Å². The molecule has 2 aromatic rings. The van der Waals surface area contributed by atoms with Crippen molar-refractivity contribution < 1.29 is 9.05 Å². The summed E-state index contributed by atoms with van der Waals surface area (Å²) in [5, 5.41) is 0. The van der Waals surface area contributed by atoms with Crippen molar-refractivity contribution >= 4 is 37.4 Å². The van der Waals surface area contributed by atoms with Crippen molar-refractivity contribution in [2.75, 3.05) is 13.2 Å². The molecule has 5 heteroatoms. The second-order valence-electron chi connectivity index (χ2n) is 4.48. The molecular weight excluding hydrogens is 343 g/mol. The predicted molar refractivity (Wildman–Crippen MR) is 107 cm³/mol. The highest BCUT2D eigenvalue weighted by Gasteiger charge is 2.09. The quantitative estimate of drug-likeness (QED) is 0.376. The molecule has 124 valence electrons. The fourth-order valence-corrected chi connectivity index (χ4v) is 3.36. The summed E-state index contributed by atoms with van der Waals surface area (Å²) in [5.74, 6) is 0. The monoisotopic (exact) mass is 366 g/mol. The third kappa shape index (κ3) is 9.19. The molecule has 0 bridgehead atoms. The van der Waals surface area contributed by atoms with Gasteiger partial charge in [0.2, 0.25) is 0 Å². The summed E-state index contributed by atoms with van der Waals surface area (Å²) in [5.41, 5.74) is 2.29. The van der Waals surface area contributed by atoms with Gasteiger partial charge in [-0.3, -0.25) is 0 Å². The van der Waals surface area contributed by atoms with E-state index in [9.17, 15) is 0 Å². The maximum absolute atomic E-state index is 5.53.